The average Bonchev–Trinajstić information content (AvgIpc) is 2.36. The van der Waals surface area contributed by atoms with E-state index < -0.39 is 18.2 Å². The van der Waals surface area contributed by atoms with Gasteiger partial charge in [0, 0.05) is 19.7 Å². The molecule has 116 valence electrons. The van der Waals surface area contributed by atoms with Crippen LogP contribution in [-0.4, -0.2) is 60.4 Å². The van der Waals surface area contributed by atoms with E-state index in [9.17, 15) is 9.59 Å². The number of morpholine rings is 1. The molecule has 2 atom stereocenters. The van der Waals surface area contributed by atoms with Crippen LogP contribution in [0.3, 0.4) is 0 Å². The van der Waals surface area contributed by atoms with Crippen LogP contribution in [-0.2, 0) is 19.1 Å². The van der Waals surface area contributed by atoms with E-state index in [1.54, 1.807) is 11.8 Å². The maximum absolute atomic E-state index is 12.2. The summed E-state index contributed by atoms with van der Waals surface area (Å²) in [4.78, 5) is 24.5. The molecule has 6 nitrogen and oxygen atoms in total. The van der Waals surface area contributed by atoms with Gasteiger partial charge in [-0.25, -0.2) is 0 Å². The van der Waals surface area contributed by atoms with Gasteiger partial charge in [0.1, 0.15) is 6.10 Å². The Hall–Kier alpha value is -1.14. The maximum Gasteiger partial charge on any atom is 0.306 e. The van der Waals surface area contributed by atoms with Gasteiger partial charge >= 0.3 is 5.97 Å². The van der Waals surface area contributed by atoms with Gasteiger partial charge in [-0.2, -0.15) is 0 Å². The van der Waals surface area contributed by atoms with E-state index in [4.69, 9.17) is 14.6 Å². The summed E-state index contributed by atoms with van der Waals surface area (Å²) < 4.78 is 10.9. The second-order valence-electron chi connectivity index (χ2n) is 5.57. The molecular weight excluding hydrogens is 262 g/mol. The van der Waals surface area contributed by atoms with Crippen LogP contribution in [0.5, 0.6) is 0 Å². The number of nitrogens with zero attached hydrogens (tertiary/aromatic N) is 1. The number of hydrogen-bond acceptors (Lipinski definition) is 4. The Morgan fingerprint density at radius 1 is 1.40 bits per heavy atom. The summed E-state index contributed by atoms with van der Waals surface area (Å²) >= 11 is 0. The van der Waals surface area contributed by atoms with Gasteiger partial charge in [0.2, 0.25) is 0 Å². The van der Waals surface area contributed by atoms with Crippen molar-refractivity contribution in [3.63, 3.8) is 0 Å². The number of aliphatic carboxylic acids is 1. The van der Waals surface area contributed by atoms with Crippen molar-refractivity contribution in [2.45, 2.75) is 45.8 Å². The number of carbonyl (C=O) groups excluding carboxylic acids is 1. The molecule has 1 amide bonds. The number of hydrogen-bond donors (Lipinski definition) is 1. The van der Waals surface area contributed by atoms with Gasteiger partial charge < -0.3 is 19.5 Å². The van der Waals surface area contributed by atoms with Crippen LogP contribution in [0, 0.1) is 5.92 Å². The molecule has 6 heteroatoms. The number of amides is 1. The molecule has 20 heavy (non-hydrogen) atoms. The summed E-state index contributed by atoms with van der Waals surface area (Å²) in [5.41, 5.74) is 0. The van der Waals surface area contributed by atoms with Gasteiger partial charge in [0.15, 0.2) is 0 Å². The van der Waals surface area contributed by atoms with Gasteiger partial charge in [-0.05, 0) is 19.3 Å². The summed E-state index contributed by atoms with van der Waals surface area (Å²) in [6, 6.07) is 0. The second kappa shape index (κ2) is 8.21. The van der Waals surface area contributed by atoms with Crippen molar-refractivity contribution in [3.8, 4) is 0 Å². The molecule has 0 aromatic rings. The summed E-state index contributed by atoms with van der Waals surface area (Å²) in [6.45, 7) is 7.71. The lowest BCUT2D eigenvalue weighted by atomic mass is 10.1. The van der Waals surface area contributed by atoms with Gasteiger partial charge in [0.05, 0.1) is 19.1 Å². The average molecular weight is 287 g/mol. The highest BCUT2D eigenvalue weighted by Gasteiger charge is 2.28. The molecule has 1 aliphatic rings. The Morgan fingerprint density at radius 2 is 2.10 bits per heavy atom. The van der Waals surface area contributed by atoms with Crippen LogP contribution in [0.2, 0.25) is 0 Å². The molecule has 0 bridgehead atoms. The van der Waals surface area contributed by atoms with Crippen molar-refractivity contribution in [1.82, 2.24) is 4.90 Å². The first-order valence-electron chi connectivity index (χ1n) is 7.14. The van der Waals surface area contributed by atoms with Gasteiger partial charge in [-0.1, -0.05) is 13.8 Å². The molecule has 2 unspecified atom stereocenters. The number of carboxylic acid groups (broad SMARTS) is 1. The van der Waals surface area contributed by atoms with E-state index in [0.29, 0.717) is 32.2 Å². The Balaban J connectivity index is 2.39. The molecule has 1 fully saturated rings. The fourth-order valence-corrected chi connectivity index (χ4v) is 2.05. The third-order valence-corrected chi connectivity index (χ3v) is 3.26. The monoisotopic (exact) mass is 287 g/mol. The molecular formula is C14H25NO5. The number of carbonyl (C=O) groups is 2. The molecule has 0 aromatic carbocycles. The summed E-state index contributed by atoms with van der Waals surface area (Å²) in [5.74, 6) is -0.460. The summed E-state index contributed by atoms with van der Waals surface area (Å²) in [6.07, 6.45) is -0.0697. The highest BCUT2D eigenvalue weighted by molar-refractivity contribution is 5.80. The van der Waals surface area contributed by atoms with E-state index in [1.165, 1.54) is 0 Å². The summed E-state index contributed by atoms with van der Waals surface area (Å²) in [7, 11) is 0. The highest BCUT2D eigenvalue weighted by Crippen LogP contribution is 2.11. The predicted octanol–water partition coefficient (Wildman–Crippen LogP) is 1.14. The Bertz CT molecular complexity index is 332. The lowest BCUT2D eigenvalue weighted by Crippen LogP contribution is -2.49. The Kier molecular flexibility index (Phi) is 6.95. The molecule has 1 heterocycles. The lowest BCUT2D eigenvalue weighted by Gasteiger charge is -2.33. The topological polar surface area (TPSA) is 76.1 Å². The van der Waals surface area contributed by atoms with E-state index in [0.717, 1.165) is 6.42 Å². The zero-order chi connectivity index (χ0) is 15.1. The zero-order valence-electron chi connectivity index (χ0n) is 12.5. The molecule has 1 N–H and O–H groups in total. The molecule has 0 radical (unpaired) electrons. The van der Waals surface area contributed by atoms with Gasteiger partial charge in [-0.15, -0.1) is 0 Å². The normalized spacial score (nSPS) is 21.0. The lowest BCUT2D eigenvalue weighted by molar-refractivity contribution is -0.154. The molecule has 0 saturated carbocycles. The van der Waals surface area contributed by atoms with Crippen molar-refractivity contribution in [1.29, 1.82) is 0 Å². The summed E-state index contributed by atoms with van der Waals surface area (Å²) in [5, 5.41) is 8.76. The zero-order valence-corrected chi connectivity index (χ0v) is 12.5. The first-order valence-corrected chi connectivity index (χ1v) is 7.14. The van der Waals surface area contributed by atoms with E-state index in [2.05, 4.69) is 13.8 Å². The van der Waals surface area contributed by atoms with Crippen LogP contribution < -0.4 is 0 Å². The quantitative estimate of drug-likeness (QED) is 0.760. The molecule has 0 spiro atoms. The number of ether oxygens (including phenoxy) is 2. The maximum atomic E-state index is 12.2. The van der Waals surface area contributed by atoms with E-state index >= 15 is 0 Å². The fraction of sp³-hybridized carbons (Fsp3) is 0.857. The van der Waals surface area contributed by atoms with Crippen LogP contribution in [0.4, 0.5) is 0 Å². The minimum Gasteiger partial charge on any atom is -0.481 e. The van der Waals surface area contributed by atoms with E-state index in [-0.39, 0.29) is 12.3 Å². The minimum atomic E-state index is -0.912. The fourth-order valence-electron chi connectivity index (χ4n) is 2.05. The van der Waals surface area contributed by atoms with Crippen molar-refractivity contribution in [2.75, 3.05) is 26.3 Å². The first-order chi connectivity index (χ1) is 9.40. The first kappa shape index (κ1) is 16.9. The van der Waals surface area contributed by atoms with E-state index in [1.807, 2.05) is 0 Å². The van der Waals surface area contributed by atoms with Crippen LogP contribution in [0.15, 0.2) is 0 Å². The van der Waals surface area contributed by atoms with Crippen molar-refractivity contribution in [2.24, 2.45) is 5.92 Å². The van der Waals surface area contributed by atoms with Crippen molar-refractivity contribution in [3.05, 3.63) is 0 Å². The SMILES string of the molecule is CC(C)CCOC(C)C(=O)N1CCOC(CC(=O)O)C1. The van der Waals surface area contributed by atoms with Crippen LogP contribution in [0.25, 0.3) is 0 Å². The molecule has 1 rings (SSSR count). The highest BCUT2D eigenvalue weighted by atomic mass is 16.5. The van der Waals surface area contributed by atoms with Gasteiger partial charge in [0.25, 0.3) is 5.91 Å². The molecule has 1 aliphatic heterocycles. The largest absolute Gasteiger partial charge is 0.481 e. The Labute approximate surface area is 120 Å². The predicted molar refractivity (Wildman–Crippen MR) is 73.4 cm³/mol. The minimum absolute atomic E-state index is 0.0770. The molecule has 1 saturated heterocycles. The molecule has 0 aromatic heterocycles. The third-order valence-electron chi connectivity index (χ3n) is 3.26. The van der Waals surface area contributed by atoms with Crippen LogP contribution >= 0.6 is 0 Å². The van der Waals surface area contributed by atoms with Gasteiger partial charge in [-0.3, -0.25) is 9.59 Å². The number of rotatable bonds is 7. The smallest absolute Gasteiger partial charge is 0.306 e. The Morgan fingerprint density at radius 3 is 2.70 bits per heavy atom. The van der Waals surface area contributed by atoms with Crippen molar-refractivity contribution >= 4 is 11.9 Å². The van der Waals surface area contributed by atoms with Crippen molar-refractivity contribution < 1.29 is 24.2 Å². The van der Waals surface area contributed by atoms with Crippen LogP contribution in [0.1, 0.15) is 33.6 Å². The standard InChI is InChI=1S/C14H25NO5/c1-10(2)4-6-19-11(3)14(18)15-5-7-20-12(9-15)8-13(16)17/h10-12H,4-9H2,1-3H3,(H,16,17). The second-order valence-corrected chi connectivity index (χ2v) is 5.57. The number of carboxylic acids is 1. The third kappa shape index (κ3) is 5.88. The molecule has 0 aliphatic carbocycles.